The van der Waals surface area contributed by atoms with Crippen LogP contribution in [0.15, 0.2) is 41.1 Å². The Morgan fingerprint density at radius 2 is 2.19 bits per heavy atom. The van der Waals surface area contributed by atoms with Gasteiger partial charge in [0.2, 0.25) is 5.89 Å². The molecule has 0 bridgehead atoms. The molecule has 1 atom stereocenters. The fourth-order valence-corrected chi connectivity index (χ4v) is 4.04. The van der Waals surface area contributed by atoms with Gasteiger partial charge in [-0.05, 0) is 60.7 Å². The Kier molecular flexibility index (Phi) is 6.69. The Balaban J connectivity index is 1.53. The molecular formula is C23H28ClN7O. The fraction of sp³-hybridized carbons (Fsp3) is 0.435. The summed E-state index contributed by atoms with van der Waals surface area (Å²) in [7, 11) is 0. The lowest BCUT2D eigenvalue weighted by atomic mass is 10.0. The van der Waals surface area contributed by atoms with Crippen LogP contribution in [-0.4, -0.2) is 41.8 Å². The van der Waals surface area contributed by atoms with Crippen LogP contribution in [0.4, 0.5) is 0 Å². The number of benzene rings is 1. The normalized spacial score (nSPS) is 16.9. The fourth-order valence-electron chi connectivity index (χ4n) is 3.85. The highest BCUT2D eigenvalue weighted by atomic mass is 35.5. The lowest BCUT2D eigenvalue weighted by molar-refractivity contribution is 0.162. The molecule has 1 aliphatic heterocycles. The molecule has 1 fully saturated rings. The van der Waals surface area contributed by atoms with E-state index in [4.69, 9.17) is 16.1 Å². The first kappa shape index (κ1) is 22.2. The number of halogens is 1. The third-order valence-corrected chi connectivity index (χ3v) is 5.79. The van der Waals surface area contributed by atoms with E-state index in [-0.39, 0.29) is 12.0 Å². The van der Waals surface area contributed by atoms with Gasteiger partial charge in [-0.2, -0.15) is 9.78 Å². The van der Waals surface area contributed by atoms with E-state index >= 15 is 0 Å². The zero-order valence-corrected chi connectivity index (χ0v) is 19.5. The number of allylic oxidation sites excluding steroid dienone is 1. The van der Waals surface area contributed by atoms with Crippen LogP contribution in [0.2, 0.25) is 5.02 Å². The van der Waals surface area contributed by atoms with Crippen molar-refractivity contribution in [2.45, 2.75) is 58.5 Å². The van der Waals surface area contributed by atoms with Crippen molar-refractivity contribution in [2.24, 2.45) is 0 Å². The molecule has 0 radical (unpaired) electrons. The second-order valence-electron chi connectivity index (χ2n) is 8.39. The first-order valence-electron chi connectivity index (χ1n) is 10.9. The maximum atomic E-state index is 6.24. The van der Waals surface area contributed by atoms with Gasteiger partial charge in [-0.3, -0.25) is 0 Å². The zero-order chi connectivity index (χ0) is 22.7. The number of hydrogen-bond donors (Lipinski definition) is 0. The number of aryl methyl sites for hydroxylation is 1. The number of likely N-dealkylation sites (tertiary alicyclic amines) is 1. The van der Waals surface area contributed by atoms with Crippen molar-refractivity contribution in [2.75, 3.05) is 6.54 Å². The third kappa shape index (κ3) is 5.07. The van der Waals surface area contributed by atoms with Crippen LogP contribution in [0.1, 0.15) is 73.7 Å². The van der Waals surface area contributed by atoms with Crippen molar-refractivity contribution in [1.29, 1.82) is 0 Å². The van der Waals surface area contributed by atoms with Crippen molar-refractivity contribution in [3.63, 3.8) is 0 Å². The van der Waals surface area contributed by atoms with Gasteiger partial charge in [-0.25, -0.2) is 0 Å². The highest BCUT2D eigenvalue weighted by Crippen LogP contribution is 2.33. The summed E-state index contributed by atoms with van der Waals surface area (Å²) < 4.78 is 5.60. The first-order valence-corrected chi connectivity index (χ1v) is 11.3. The summed E-state index contributed by atoms with van der Waals surface area (Å²) >= 11 is 6.24. The van der Waals surface area contributed by atoms with Crippen molar-refractivity contribution in [3.05, 3.63) is 70.2 Å². The highest BCUT2D eigenvalue weighted by molar-refractivity contribution is 6.30. The van der Waals surface area contributed by atoms with E-state index in [0.717, 1.165) is 48.5 Å². The number of rotatable bonds is 7. The molecule has 0 amide bonds. The number of aromatic nitrogens is 6. The van der Waals surface area contributed by atoms with Crippen LogP contribution in [-0.2, 0) is 6.54 Å². The minimum Gasteiger partial charge on any atom is -0.360 e. The average molecular weight is 454 g/mol. The van der Waals surface area contributed by atoms with E-state index in [0.29, 0.717) is 23.3 Å². The Morgan fingerprint density at radius 1 is 1.34 bits per heavy atom. The molecule has 32 heavy (non-hydrogen) atoms. The van der Waals surface area contributed by atoms with E-state index in [1.54, 1.807) is 4.80 Å². The number of hydrogen-bond acceptors (Lipinski definition) is 7. The van der Waals surface area contributed by atoms with Gasteiger partial charge < -0.3 is 9.42 Å². The smallest absolute Gasteiger partial charge is 0.249 e. The summed E-state index contributed by atoms with van der Waals surface area (Å²) in [6.07, 6.45) is 7.29. The molecule has 1 saturated heterocycles. The summed E-state index contributed by atoms with van der Waals surface area (Å²) in [6.45, 7) is 11.7. The lowest BCUT2D eigenvalue weighted by Gasteiger charge is -2.35. The molecule has 0 aliphatic carbocycles. The maximum absolute atomic E-state index is 6.24. The maximum Gasteiger partial charge on any atom is 0.249 e. The molecule has 168 valence electrons. The summed E-state index contributed by atoms with van der Waals surface area (Å²) in [4.78, 5) is 8.46. The molecule has 0 saturated carbocycles. The summed E-state index contributed by atoms with van der Waals surface area (Å²) in [5, 5.41) is 17.1. The largest absolute Gasteiger partial charge is 0.360 e. The molecular weight excluding hydrogens is 426 g/mol. The second kappa shape index (κ2) is 9.65. The molecule has 0 N–H and O–H groups in total. The van der Waals surface area contributed by atoms with Gasteiger partial charge in [-0.15, -0.1) is 10.2 Å². The molecule has 1 unspecified atom stereocenters. The monoisotopic (exact) mass is 453 g/mol. The topological polar surface area (TPSA) is 85.8 Å². The molecule has 0 spiro atoms. The van der Waals surface area contributed by atoms with Gasteiger partial charge in [0.15, 0.2) is 11.6 Å². The Hall–Kier alpha value is -3.00. The molecule has 1 aliphatic rings. The first-order chi connectivity index (χ1) is 15.4. The van der Waals surface area contributed by atoms with Crippen molar-refractivity contribution < 1.29 is 4.52 Å². The molecule has 9 heteroatoms. The van der Waals surface area contributed by atoms with E-state index in [1.165, 1.54) is 0 Å². The van der Waals surface area contributed by atoms with Gasteiger partial charge in [0.1, 0.15) is 6.04 Å². The predicted octanol–water partition coefficient (Wildman–Crippen LogP) is 4.94. The molecule has 3 aromatic rings. The van der Waals surface area contributed by atoms with Crippen molar-refractivity contribution >= 4 is 17.7 Å². The van der Waals surface area contributed by atoms with Crippen LogP contribution < -0.4 is 0 Å². The molecule has 8 nitrogen and oxygen atoms in total. The Morgan fingerprint density at radius 3 is 2.91 bits per heavy atom. The van der Waals surface area contributed by atoms with E-state index < -0.39 is 0 Å². The summed E-state index contributed by atoms with van der Waals surface area (Å²) in [5.41, 5.74) is 2.95. The van der Waals surface area contributed by atoms with Crippen LogP contribution in [0, 0.1) is 6.92 Å². The second-order valence-corrected chi connectivity index (χ2v) is 8.82. The van der Waals surface area contributed by atoms with Crippen LogP contribution >= 0.6 is 11.6 Å². The van der Waals surface area contributed by atoms with Gasteiger partial charge in [0.25, 0.3) is 0 Å². The van der Waals surface area contributed by atoms with E-state index in [9.17, 15) is 0 Å². The van der Waals surface area contributed by atoms with Crippen molar-refractivity contribution in [1.82, 2.24) is 35.2 Å². The van der Waals surface area contributed by atoms with Gasteiger partial charge in [-0.1, -0.05) is 49.3 Å². The highest BCUT2D eigenvalue weighted by Gasteiger charge is 2.29. The molecule has 3 heterocycles. The SMILES string of the molecule is C=C(/C=C/c1ccc(Cl)cc1Cn1nnc(C)n1)N1CCCCC1c1nc(C(C)C)no1. The van der Waals surface area contributed by atoms with Gasteiger partial charge in [0, 0.05) is 23.2 Å². The van der Waals surface area contributed by atoms with Crippen LogP contribution in [0.5, 0.6) is 0 Å². The Bertz CT molecular complexity index is 1120. The predicted molar refractivity (Wildman–Crippen MR) is 123 cm³/mol. The average Bonchev–Trinajstić information content (AvgIpc) is 3.42. The van der Waals surface area contributed by atoms with E-state index in [2.05, 4.69) is 57.0 Å². The number of tetrazole rings is 1. The van der Waals surface area contributed by atoms with Crippen LogP contribution in [0.25, 0.3) is 6.08 Å². The molecule has 1 aromatic carbocycles. The lowest BCUT2D eigenvalue weighted by Crippen LogP contribution is -2.32. The quantitative estimate of drug-likeness (QED) is 0.468. The summed E-state index contributed by atoms with van der Waals surface area (Å²) in [6, 6.07) is 5.85. The number of piperidine rings is 1. The van der Waals surface area contributed by atoms with E-state index in [1.807, 2.05) is 31.2 Å². The molecule has 4 rings (SSSR count). The van der Waals surface area contributed by atoms with Crippen molar-refractivity contribution in [3.8, 4) is 0 Å². The number of nitrogens with zero attached hydrogens (tertiary/aromatic N) is 7. The third-order valence-electron chi connectivity index (χ3n) is 5.56. The van der Waals surface area contributed by atoms with Gasteiger partial charge in [0.05, 0.1) is 6.54 Å². The van der Waals surface area contributed by atoms with Gasteiger partial charge >= 0.3 is 0 Å². The minimum absolute atomic E-state index is 0.0490. The molecule has 2 aromatic heterocycles. The standard InChI is InChI=1S/C23H28ClN7O/c1-15(2)22-25-23(32-28-22)21-7-5-6-12-30(21)16(3)8-9-18-10-11-20(24)13-19(18)14-31-27-17(4)26-29-31/h8-11,13,15,21H,3,5-7,12,14H2,1-2,4H3/b9-8+. The summed E-state index contributed by atoms with van der Waals surface area (Å²) in [5.74, 6) is 2.28. The van der Waals surface area contributed by atoms with Crippen LogP contribution in [0.3, 0.4) is 0 Å². The minimum atomic E-state index is 0.0490. The Labute approximate surface area is 193 Å². The zero-order valence-electron chi connectivity index (χ0n) is 18.7.